The average Bonchev–Trinajstić information content (AvgIpc) is 2.10. The second-order valence-electron chi connectivity index (χ2n) is 2.75. The Morgan fingerprint density at radius 3 is 2.36 bits per heavy atom. The van der Waals surface area contributed by atoms with Crippen LogP contribution < -0.4 is 0 Å². The summed E-state index contributed by atoms with van der Waals surface area (Å²) >= 11 is 0. The van der Waals surface area contributed by atoms with E-state index in [4.69, 9.17) is 9.94 Å². The lowest BCUT2D eigenvalue weighted by Gasteiger charge is -2.10. The Morgan fingerprint density at radius 1 is 1.43 bits per heavy atom. The molecule has 6 nitrogen and oxygen atoms in total. The van der Waals surface area contributed by atoms with E-state index in [2.05, 4.69) is 9.89 Å². The summed E-state index contributed by atoms with van der Waals surface area (Å²) in [5.41, 5.74) is 0.587. The van der Waals surface area contributed by atoms with Crippen LogP contribution in [0, 0.1) is 0 Å². The summed E-state index contributed by atoms with van der Waals surface area (Å²) in [6.07, 6.45) is -1.66. The molecule has 1 N–H and O–H groups in total. The number of ether oxygens (including phenoxy) is 1. The second-order valence-corrected chi connectivity index (χ2v) is 2.75. The smallest absolute Gasteiger partial charge is 0.350 e. The minimum absolute atomic E-state index is 0.469. The highest BCUT2D eigenvalue weighted by molar-refractivity contribution is 5.81. The number of carboxylic acids is 1. The quantitative estimate of drug-likeness (QED) is 0.397. The van der Waals surface area contributed by atoms with Crippen molar-refractivity contribution in [1.29, 1.82) is 0 Å². The van der Waals surface area contributed by atoms with Gasteiger partial charge in [-0.05, 0) is 13.8 Å². The Hall–Kier alpha value is -1.59. The summed E-state index contributed by atoms with van der Waals surface area (Å²) in [6, 6.07) is 0. The first-order chi connectivity index (χ1) is 6.47. The number of aliphatic carboxylic acids is 1. The van der Waals surface area contributed by atoms with Crippen LogP contribution in [-0.2, 0) is 19.2 Å². The molecular formula is C8H13NO5. The van der Waals surface area contributed by atoms with E-state index in [1.165, 1.54) is 0 Å². The van der Waals surface area contributed by atoms with Crippen molar-refractivity contribution in [3.05, 3.63) is 0 Å². The Balaban J connectivity index is 4.32. The van der Waals surface area contributed by atoms with E-state index >= 15 is 0 Å². The van der Waals surface area contributed by atoms with Crippen molar-refractivity contribution < 1.29 is 24.3 Å². The van der Waals surface area contributed by atoms with Gasteiger partial charge < -0.3 is 14.7 Å². The van der Waals surface area contributed by atoms with Crippen LogP contribution in [0.1, 0.15) is 20.3 Å². The van der Waals surface area contributed by atoms with Crippen molar-refractivity contribution in [2.24, 2.45) is 5.16 Å². The maximum Gasteiger partial charge on any atom is 0.350 e. The number of carbonyl (C=O) groups excluding carboxylic acids is 1. The largest absolute Gasteiger partial charge is 0.481 e. The van der Waals surface area contributed by atoms with Gasteiger partial charge in [-0.1, -0.05) is 5.16 Å². The van der Waals surface area contributed by atoms with E-state index in [1.807, 2.05) is 0 Å². The lowest BCUT2D eigenvalue weighted by molar-refractivity contribution is -0.159. The molecule has 80 valence electrons. The zero-order valence-electron chi connectivity index (χ0n) is 8.31. The monoisotopic (exact) mass is 203 g/mol. The molecule has 0 saturated carbocycles. The van der Waals surface area contributed by atoms with Gasteiger partial charge in [0, 0.05) is 0 Å². The SMILES string of the molecule is COC(=O)C(CC(=O)O)ON=C(C)C. The van der Waals surface area contributed by atoms with E-state index in [9.17, 15) is 9.59 Å². The molecule has 0 aromatic carbocycles. The fourth-order valence-electron chi connectivity index (χ4n) is 0.623. The van der Waals surface area contributed by atoms with Gasteiger partial charge in [0.2, 0.25) is 6.10 Å². The van der Waals surface area contributed by atoms with Gasteiger partial charge in [-0.2, -0.15) is 0 Å². The highest BCUT2D eigenvalue weighted by Crippen LogP contribution is 2.02. The summed E-state index contributed by atoms with van der Waals surface area (Å²) in [4.78, 5) is 26.0. The zero-order chi connectivity index (χ0) is 11.1. The predicted octanol–water partition coefficient (Wildman–Crippen LogP) is 0.415. The Morgan fingerprint density at radius 2 is 2.00 bits per heavy atom. The topological polar surface area (TPSA) is 85.2 Å². The number of oxime groups is 1. The van der Waals surface area contributed by atoms with Gasteiger partial charge in [0.15, 0.2) is 0 Å². The molecule has 0 bridgehead atoms. The number of rotatable bonds is 5. The fourth-order valence-corrected chi connectivity index (χ4v) is 0.623. The minimum atomic E-state index is -1.19. The molecule has 0 fully saturated rings. The molecule has 0 aromatic heterocycles. The van der Waals surface area contributed by atoms with Gasteiger partial charge in [-0.15, -0.1) is 0 Å². The van der Waals surface area contributed by atoms with Crippen molar-refractivity contribution in [3.63, 3.8) is 0 Å². The van der Waals surface area contributed by atoms with Gasteiger partial charge in [0.1, 0.15) is 0 Å². The molecule has 0 spiro atoms. The molecule has 0 aliphatic rings. The van der Waals surface area contributed by atoms with Crippen LogP contribution in [0.25, 0.3) is 0 Å². The highest BCUT2D eigenvalue weighted by atomic mass is 16.7. The number of esters is 1. The van der Waals surface area contributed by atoms with E-state index in [0.717, 1.165) is 7.11 Å². The number of carbonyl (C=O) groups is 2. The molecule has 1 unspecified atom stereocenters. The molecule has 0 aliphatic carbocycles. The molecular weight excluding hydrogens is 190 g/mol. The lowest BCUT2D eigenvalue weighted by Crippen LogP contribution is -2.27. The standard InChI is InChI=1S/C8H13NO5/c1-5(2)9-14-6(4-7(10)11)8(12)13-3/h6H,4H2,1-3H3,(H,10,11). The van der Waals surface area contributed by atoms with Gasteiger partial charge in [-0.25, -0.2) is 4.79 Å². The first-order valence-electron chi connectivity index (χ1n) is 3.94. The third kappa shape index (κ3) is 5.13. The fraction of sp³-hybridized carbons (Fsp3) is 0.625. The highest BCUT2D eigenvalue weighted by Gasteiger charge is 2.24. The molecule has 0 saturated heterocycles. The van der Waals surface area contributed by atoms with Crippen molar-refractivity contribution in [1.82, 2.24) is 0 Å². The number of carboxylic acid groups (broad SMARTS) is 1. The van der Waals surface area contributed by atoms with E-state index in [1.54, 1.807) is 13.8 Å². The predicted molar refractivity (Wildman–Crippen MR) is 47.9 cm³/mol. The van der Waals surface area contributed by atoms with Crippen molar-refractivity contribution >= 4 is 17.7 Å². The second kappa shape index (κ2) is 5.95. The van der Waals surface area contributed by atoms with Crippen LogP contribution in [0.4, 0.5) is 0 Å². The Labute approximate surface area is 81.5 Å². The summed E-state index contributed by atoms with van der Waals surface area (Å²) in [5.74, 6) is -1.90. The van der Waals surface area contributed by atoms with Gasteiger partial charge in [0.05, 0.1) is 19.2 Å². The molecule has 0 heterocycles. The van der Waals surface area contributed by atoms with Crippen LogP contribution >= 0.6 is 0 Å². The molecule has 0 radical (unpaired) electrons. The molecule has 6 heteroatoms. The van der Waals surface area contributed by atoms with E-state index in [-0.39, 0.29) is 0 Å². The molecule has 14 heavy (non-hydrogen) atoms. The molecule has 1 atom stereocenters. The first-order valence-corrected chi connectivity index (χ1v) is 3.94. The molecule has 0 rings (SSSR count). The lowest BCUT2D eigenvalue weighted by atomic mass is 10.2. The molecule has 0 amide bonds. The average molecular weight is 203 g/mol. The number of hydrogen-bond acceptors (Lipinski definition) is 5. The normalized spacial score (nSPS) is 11.4. The van der Waals surface area contributed by atoms with E-state index in [0.29, 0.717) is 5.71 Å². The third-order valence-corrected chi connectivity index (χ3v) is 1.19. The summed E-state index contributed by atoms with van der Waals surface area (Å²) < 4.78 is 4.35. The number of methoxy groups -OCH3 is 1. The molecule has 0 aliphatic heterocycles. The van der Waals surface area contributed by atoms with Gasteiger partial charge >= 0.3 is 11.9 Å². The first kappa shape index (κ1) is 12.4. The maximum absolute atomic E-state index is 11.0. The van der Waals surface area contributed by atoms with Crippen LogP contribution in [0.2, 0.25) is 0 Å². The minimum Gasteiger partial charge on any atom is -0.481 e. The van der Waals surface area contributed by atoms with E-state index < -0.39 is 24.5 Å². The van der Waals surface area contributed by atoms with Gasteiger partial charge in [0.25, 0.3) is 0 Å². The summed E-state index contributed by atoms with van der Waals surface area (Å²) in [5, 5.41) is 12.0. The number of hydrogen-bond donors (Lipinski definition) is 1. The molecule has 0 aromatic rings. The van der Waals surface area contributed by atoms with Crippen LogP contribution in [-0.4, -0.2) is 36.0 Å². The Kier molecular flexibility index (Phi) is 5.28. The Bertz CT molecular complexity index is 244. The maximum atomic E-state index is 11.0. The van der Waals surface area contributed by atoms with Crippen molar-refractivity contribution in [2.45, 2.75) is 26.4 Å². The van der Waals surface area contributed by atoms with Crippen molar-refractivity contribution in [3.8, 4) is 0 Å². The zero-order valence-corrected chi connectivity index (χ0v) is 8.31. The third-order valence-electron chi connectivity index (χ3n) is 1.19. The van der Waals surface area contributed by atoms with Gasteiger partial charge in [-0.3, -0.25) is 4.79 Å². The summed E-state index contributed by atoms with van der Waals surface area (Å²) in [6.45, 7) is 3.32. The van der Waals surface area contributed by atoms with Crippen LogP contribution in [0.3, 0.4) is 0 Å². The van der Waals surface area contributed by atoms with Crippen LogP contribution in [0.5, 0.6) is 0 Å². The van der Waals surface area contributed by atoms with Crippen molar-refractivity contribution in [2.75, 3.05) is 7.11 Å². The number of nitrogens with zero attached hydrogens (tertiary/aromatic N) is 1. The van der Waals surface area contributed by atoms with Crippen LogP contribution in [0.15, 0.2) is 5.16 Å². The summed E-state index contributed by atoms with van der Waals surface area (Å²) in [7, 11) is 1.16.